The molecule has 2 saturated heterocycles. The number of rotatable bonds is 11. The third-order valence-corrected chi connectivity index (χ3v) is 6.54. The first-order chi connectivity index (χ1) is 14.6. The summed E-state index contributed by atoms with van der Waals surface area (Å²) >= 11 is 2.04. The Morgan fingerprint density at radius 1 is 1.03 bits per heavy atom. The van der Waals surface area contributed by atoms with Crippen molar-refractivity contribution in [3.63, 3.8) is 0 Å². The number of urea groups is 1. The molecule has 2 aliphatic heterocycles. The molecule has 3 amide bonds. The monoisotopic (exact) mass is 548 g/mol. The molecule has 0 aromatic heterocycles. The first kappa shape index (κ1) is 23.4. The lowest BCUT2D eigenvalue weighted by Crippen LogP contribution is -2.46. The number of imide groups is 1. The molecule has 30 heavy (non-hydrogen) atoms. The second-order valence-corrected chi connectivity index (χ2v) is 8.78. The summed E-state index contributed by atoms with van der Waals surface area (Å²) in [7, 11) is 2.95. The van der Waals surface area contributed by atoms with Gasteiger partial charge in [-0.2, -0.15) is 0 Å². The van der Waals surface area contributed by atoms with Crippen LogP contribution in [0.15, 0.2) is 24.3 Å². The van der Waals surface area contributed by atoms with Gasteiger partial charge in [-0.1, -0.05) is 12.1 Å². The minimum absolute atomic E-state index is 0.104. The van der Waals surface area contributed by atoms with E-state index in [9.17, 15) is 9.59 Å². The van der Waals surface area contributed by atoms with E-state index in [1.54, 1.807) is 12.0 Å². The van der Waals surface area contributed by atoms with Gasteiger partial charge in [0.1, 0.15) is 12.3 Å². The molecule has 2 aliphatic rings. The summed E-state index contributed by atoms with van der Waals surface area (Å²) in [4.78, 5) is 32.3. The third kappa shape index (κ3) is 6.14. The maximum atomic E-state index is 12.4. The van der Waals surface area contributed by atoms with Crippen molar-refractivity contribution in [1.82, 2.24) is 14.7 Å². The highest BCUT2D eigenvalue weighted by molar-refractivity contribution is 14.2. The van der Waals surface area contributed by atoms with Crippen molar-refractivity contribution in [3.05, 3.63) is 24.3 Å². The highest BCUT2D eigenvalue weighted by atomic mass is 127. The number of anilines is 1. The zero-order chi connectivity index (χ0) is 21.3. The lowest BCUT2D eigenvalue weighted by atomic mass is 10.2. The van der Waals surface area contributed by atoms with Crippen molar-refractivity contribution in [2.75, 3.05) is 71.0 Å². The number of nitrogens with zero attached hydrogens (tertiary/aromatic N) is 4. The number of methoxy groups -OCH3 is 1. The fourth-order valence-corrected chi connectivity index (χ4v) is 4.55. The van der Waals surface area contributed by atoms with Crippen LogP contribution in [0, 0.1) is 0 Å². The van der Waals surface area contributed by atoms with E-state index >= 15 is 0 Å². The second kappa shape index (κ2) is 12.0. The van der Waals surface area contributed by atoms with Crippen molar-refractivity contribution in [2.24, 2.45) is 0 Å². The van der Waals surface area contributed by atoms with Crippen LogP contribution < -0.4 is 9.64 Å². The smallest absolute Gasteiger partial charge is 0.327 e. The SMILES string of the molecule is COc1ccccc1N1CCN(CCCCN2C(=O)CN(CCOSI)C2=O)CC1. The number of benzene rings is 1. The molecule has 1 aromatic rings. The van der Waals surface area contributed by atoms with Crippen LogP contribution in [0.3, 0.4) is 0 Å². The van der Waals surface area contributed by atoms with Gasteiger partial charge in [-0.25, -0.2) is 4.79 Å². The number of hydrogen-bond donors (Lipinski definition) is 0. The maximum Gasteiger partial charge on any atom is 0.327 e. The number of carbonyl (C=O) groups is 2. The van der Waals surface area contributed by atoms with E-state index in [0.29, 0.717) is 19.7 Å². The van der Waals surface area contributed by atoms with E-state index in [0.717, 1.165) is 57.0 Å². The molecule has 0 radical (unpaired) electrons. The summed E-state index contributed by atoms with van der Waals surface area (Å²) in [6.45, 7) is 6.47. The van der Waals surface area contributed by atoms with Gasteiger partial charge in [-0.15, -0.1) is 0 Å². The second-order valence-electron chi connectivity index (χ2n) is 7.34. The Labute approximate surface area is 194 Å². The Hall–Kier alpha value is -1.24. The lowest BCUT2D eigenvalue weighted by Gasteiger charge is -2.36. The summed E-state index contributed by atoms with van der Waals surface area (Å²) < 4.78 is 10.7. The van der Waals surface area contributed by atoms with Crippen molar-refractivity contribution in [1.29, 1.82) is 0 Å². The molecule has 2 fully saturated rings. The molecular formula is C20H29IN4O4S. The Morgan fingerprint density at radius 2 is 1.77 bits per heavy atom. The largest absolute Gasteiger partial charge is 0.495 e. The Kier molecular flexibility index (Phi) is 9.34. The first-order valence-corrected chi connectivity index (χ1v) is 13.5. The van der Waals surface area contributed by atoms with Crippen LogP contribution in [0.4, 0.5) is 10.5 Å². The van der Waals surface area contributed by atoms with Crippen LogP contribution in [0.2, 0.25) is 0 Å². The van der Waals surface area contributed by atoms with Crippen LogP contribution in [0.5, 0.6) is 5.75 Å². The molecule has 166 valence electrons. The molecule has 0 saturated carbocycles. The average molecular weight is 548 g/mol. The van der Waals surface area contributed by atoms with E-state index < -0.39 is 0 Å². The number of unbranched alkanes of at least 4 members (excludes halogenated alkanes) is 1. The Morgan fingerprint density at radius 3 is 2.50 bits per heavy atom. The van der Waals surface area contributed by atoms with Gasteiger partial charge >= 0.3 is 6.03 Å². The van der Waals surface area contributed by atoms with E-state index in [1.165, 1.54) is 14.1 Å². The van der Waals surface area contributed by atoms with Gasteiger partial charge in [0.15, 0.2) is 0 Å². The van der Waals surface area contributed by atoms with Crippen molar-refractivity contribution in [3.8, 4) is 5.75 Å². The molecule has 0 spiro atoms. The van der Waals surface area contributed by atoms with Crippen LogP contribution in [-0.2, 0) is 8.98 Å². The van der Waals surface area contributed by atoms with Gasteiger partial charge in [-0.05, 0) is 31.5 Å². The van der Waals surface area contributed by atoms with Gasteiger partial charge in [0.05, 0.1) is 28.6 Å². The number of piperazine rings is 1. The van der Waals surface area contributed by atoms with Gasteiger partial charge in [0, 0.05) is 60.5 Å². The number of carbonyl (C=O) groups excluding carboxylic acids is 2. The standard InChI is InChI=1S/C20H29IN4O4S/c1-28-18-7-3-2-6-17(18)23-12-10-22(11-13-23)8-4-5-9-25-19(26)16-24(20(25)27)14-15-29-30-21/h2-3,6-7H,4-5,8-16H2,1H3. The quantitative estimate of drug-likeness (QED) is 0.182. The fourth-order valence-electron chi connectivity index (χ4n) is 3.88. The molecule has 0 unspecified atom stereocenters. The molecule has 1 aromatic carbocycles. The average Bonchev–Trinajstić information content (AvgIpc) is 3.04. The molecule has 10 heteroatoms. The molecule has 0 atom stereocenters. The van der Waals surface area contributed by atoms with Gasteiger partial charge in [0.25, 0.3) is 0 Å². The normalized spacial score (nSPS) is 17.9. The predicted molar refractivity (Wildman–Crippen MR) is 127 cm³/mol. The van der Waals surface area contributed by atoms with E-state index in [-0.39, 0.29) is 18.5 Å². The van der Waals surface area contributed by atoms with Gasteiger partial charge in [0.2, 0.25) is 5.91 Å². The number of ether oxygens (including phenoxy) is 1. The van der Waals surface area contributed by atoms with E-state index in [2.05, 4.69) is 15.9 Å². The number of para-hydroxylation sites is 2. The summed E-state index contributed by atoms with van der Waals surface area (Å²) in [6, 6.07) is 7.95. The minimum atomic E-state index is -0.188. The fraction of sp³-hybridized carbons (Fsp3) is 0.600. The highest BCUT2D eigenvalue weighted by Crippen LogP contribution is 2.28. The lowest BCUT2D eigenvalue weighted by molar-refractivity contribution is -0.125. The third-order valence-electron chi connectivity index (χ3n) is 5.52. The summed E-state index contributed by atoms with van der Waals surface area (Å²) in [5.74, 6) is 0.812. The predicted octanol–water partition coefficient (Wildman–Crippen LogP) is 2.88. The Bertz CT molecular complexity index is 718. The maximum absolute atomic E-state index is 12.4. The molecule has 0 N–H and O–H groups in total. The molecule has 3 rings (SSSR count). The van der Waals surface area contributed by atoms with E-state index in [1.807, 2.05) is 39.4 Å². The van der Waals surface area contributed by atoms with Crippen LogP contribution in [0.25, 0.3) is 0 Å². The summed E-state index contributed by atoms with van der Waals surface area (Å²) in [5.41, 5.74) is 1.15. The van der Waals surface area contributed by atoms with E-state index in [4.69, 9.17) is 8.92 Å². The Balaban J connectivity index is 1.35. The zero-order valence-corrected chi connectivity index (χ0v) is 20.3. The van der Waals surface area contributed by atoms with Crippen LogP contribution in [-0.4, -0.2) is 92.7 Å². The number of hydrogen-bond acceptors (Lipinski definition) is 7. The topological polar surface area (TPSA) is 65.6 Å². The number of halogens is 1. The minimum Gasteiger partial charge on any atom is -0.495 e. The molecule has 0 aliphatic carbocycles. The summed E-state index contributed by atoms with van der Waals surface area (Å²) in [5, 5.41) is 0. The van der Waals surface area contributed by atoms with Crippen LogP contribution in [0.1, 0.15) is 12.8 Å². The molecule has 8 nitrogen and oxygen atoms in total. The molecule has 2 heterocycles. The summed E-state index contributed by atoms with van der Waals surface area (Å²) in [6.07, 6.45) is 1.80. The van der Waals surface area contributed by atoms with Gasteiger partial charge in [-0.3, -0.25) is 14.6 Å². The molecule has 0 bridgehead atoms. The highest BCUT2D eigenvalue weighted by Gasteiger charge is 2.35. The zero-order valence-electron chi connectivity index (χ0n) is 17.3. The number of amides is 3. The van der Waals surface area contributed by atoms with Crippen molar-refractivity contribution >= 4 is 48.0 Å². The van der Waals surface area contributed by atoms with Crippen LogP contribution >= 0.6 is 30.4 Å². The van der Waals surface area contributed by atoms with Crippen molar-refractivity contribution in [2.45, 2.75) is 12.8 Å². The van der Waals surface area contributed by atoms with Gasteiger partial charge < -0.3 is 18.7 Å². The first-order valence-electron chi connectivity index (χ1n) is 10.2. The molecular weight excluding hydrogens is 519 g/mol. The van der Waals surface area contributed by atoms with Crippen molar-refractivity contribution < 1.29 is 18.5 Å².